The van der Waals surface area contributed by atoms with Gasteiger partial charge in [0.2, 0.25) is 0 Å². The molecular formula is C48H88NO10P. The second kappa shape index (κ2) is 43.4. The Labute approximate surface area is 365 Å². The Hall–Kier alpha value is -2.30. The van der Waals surface area contributed by atoms with Gasteiger partial charge in [-0.1, -0.05) is 198 Å². The van der Waals surface area contributed by atoms with Crippen molar-refractivity contribution in [1.82, 2.24) is 0 Å². The Morgan fingerprint density at radius 2 is 0.950 bits per heavy atom. The molecule has 0 aliphatic carbocycles. The first kappa shape index (κ1) is 57.7. The summed E-state index contributed by atoms with van der Waals surface area (Å²) in [4.78, 5) is 45.9. The van der Waals surface area contributed by atoms with Crippen LogP contribution in [0.3, 0.4) is 0 Å². The molecule has 0 aromatic heterocycles. The van der Waals surface area contributed by atoms with Crippen LogP contribution in [0.15, 0.2) is 36.5 Å². The van der Waals surface area contributed by atoms with Gasteiger partial charge in [-0.15, -0.1) is 0 Å². The number of hydrogen-bond donors (Lipinski definition) is 3. The van der Waals surface area contributed by atoms with E-state index in [0.29, 0.717) is 6.42 Å². The molecule has 0 fully saturated rings. The van der Waals surface area contributed by atoms with E-state index in [9.17, 15) is 23.8 Å². The molecule has 12 heteroatoms. The van der Waals surface area contributed by atoms with Crippen LogP contribution in [-0.2, 0) is 37.5 Å². The fraction of sp³-hybridized carbons (Fsp3) is 0.812. The maximum Gasteiger partial charge on any atom is 0.472 e. The van der Waals surface area contributed by atoms with Crippen molar-refractivity contribution in [1.29, 1.82) is 0 Å². The summed E-state index contributed by atoms with van der Waals surface area (Å²) in [5.74, 6) is -2.63. The third-order valence-electron chi connectivity index (χ3n) is 10.5. The first-order chi connectivity index (χ1) is 29.1. The van der Waals surface area contributed by atoms with E-state index in [1.54, 1.807) is 12.2 Å². The van der Waals surface area contributed by atoms with Gasteiger partial charge in [-0.05, 0) is 44.9 Å². The lowest BCUT2D eigenvalue weighted by Crippen LogP contribution is -2.34. The van der Waals surface area contributed by atoms with Gasteiger partial charge < -0.3 is 25.2 Å². The summed E-state index contributed by atoms with van der Waals surface area (Å²) >= 11 is 0. The Morgan fingerprint density at radius 3 is 1.40 bits per heavy atom. The van der Waals surface area contributed by atoms with Crippen molar-refractivity contribution in [2.24, 2.45) is 5.73 Å². The molecule has 0 heterocycles. The Bertz CT molecular complexity index is 1160. The lowest BCUT2D eigenvalue weighted by atomic mass is 10.0. The number of carbonyl (C=O) groups excluding carboxylic acids is 2. The smallest absolute Gasteiger partial charge is 0.472 e. The number of carboxylic acids is 1. The van der Waals surface area contributed by atoms with Crippen LogP contribution in [0, 0.1) is 0 Å². The number of hydrogen-bond acceptors (Lipinski definition) is 9. The molecule has 0 aliphatic rings. The molecule has 0 amide bonds. The molecule has 350 valence electrons. The topological polar surface area (TPSA) is 172 Å². The first-order valence-electron chi connectivity index (χ1n) is 24.1. The monoisotopic (exact) mass is 870 g/mol. The summed E-state index contributed by atoms with van der Waals surface area (Å²) in [5, 5.41) is 8.90. The number of phosphoric ester groups is 1. The number of nitrogens with two attached hydrogens (primary N) is 1. The summed E-state index contributed by atoms with van der Waals surface area (Å²) in [6.45, 7) is 2.71. The summed E-state index contributed by atoms with van der Waals surface area (Å²) in [6, 6.07) is -1.53. The van der Waals surface area contributed by atoms with E-state index >= 15 is 0 Å². The van der Waals surface area contributed by atoms with Crippen LogP contribution in [0.1, 0.15) is 219 Å². The van der Waals surface area contributed by atoms with E-state index in [-0.39, 0.29) is 6.42 Å². The Kier molecular flexibility index (Phi) is 41.7. The summed E-state index contributed by atoms with van der Waals surface area (Å²) < 4.78 is 32.6. The molecule has 0 radical (unpaired) electrons. The molecule has 0 saturated carbocycles. The number of aliphatic carboxylic acids is 1. The molecule has 3 atom stereocenters. The van der Waals surface area contributed by atoms with Gasteiger partial charge in [0.05, 0.1) is 13.2 Å². The second-order valence-corrected chi connectivity index (χ2v) is 17.8. The maximum atomic E-state index is 12.5. The quantitative estimate of drug-likeness (QED) is 0.0133. The molecule has 11 nitrogen and oxygen atoms in total. The number of unbranched alkanes of at least 4 members (excludes halogenated alkanes) is 28. The average Bonchev–Trinajstić information content (AvgIpc) is 3.22. The van der Waals surface area contributed by atoms with E-state index in [0.717, 1.165) is 32.1 Å². The van der Waals surface area contributed by atoms with Crippen molar-refractivity contribution in [3.63, 3.8) is 0 Å². The van der Waals surface area contributed by atoms with Crippen molar-refractivity contribution < 1.29 is 47.5 Å². The average molecular weight is 870 g/mol. The lowest BCUT2D eigenvalue weighted by molar-refractivity contribution is -0.157. The highest BCUT2D eigenvalue weighted by molar-refractivity contribution is 7.47. The van der Waals surface area contributed by atoms with Gasteiger partial charge in [0, 0.05) is 12.5 Å². The van der Waals surface area contributed by atoms with E-state index in [2.05, 4.69) is 30.5 Å². The molecule has 4 N–H and O–H groups in total. The van der Waals surface area contributed by atoms with Gasteiger partial charge in [0.1, 0.15) is 12.6 Å². The first-order valence-corrected chi connectivity index (χ1v) is 25.6. The molecular weight excluding hydrogens is 781 g/mol. The van der Waals surface area contributed by atoms with Crippen LogP contribution in [0.25, 0.3) is 0 Å². The van der Waals surface area contributed by atoms with E-state index < -0.39 is 57.7 Å². The number of allylic oxidation sites excluding steroid dienone is 5. The summed E-state index contributed by atoms with van der Waals surface area (Å²) in [6.07, 6.45) is 48.5. The molecule has 1 unspecified atom stereocenters. The summed E-state index contributed by atoms with van der Waals surface area (Å²) in [7, 11) is -4.74. The zero-order valence-corrected chi connectivity index (χ0v) is 38.9. The van der Waals surface area contributed by atoms with Crippen LogP contribution in [-0.4, -0.2) is 59.9 Å². The van der Waals surface area contributed by atoms with Gasteiger partial charge in [-0.2, -0.15) is 0 Å². The number of carboxylic acid groups (broad SMARTS) is 1. The minimum atomic E-state index is -4.74. The highest BCUT2D eigenvalue weighted by Gasteiger charge is 2.28. The molecule has 0 bridgehead atoms. The number of rotatable bonds is 45. The molecule has 0 rings (SSSR count). The molecule has 0 saturated heterocycles. The van der Waals surface area contributed by atoms with E-state index in [1.165, 1.54) is 167 Å². The van der Waals surface area contributed by atoms with Gasteiger partial charge in [0.25, 0.3) is 0 Å². The number of ether oxygens (including phenoxy) is 2. The zero-order chi connectivity index (χ0) is 44.2. The number of phosphoric acid groups is 1. The third kappa shape index (κ3) is 42.4. The van der Waals surface area contributed by atoms with Crippen LogP contribution in [0.5, 0.6) is 0 Å². The fourth-order valence-electron chi connectivity index (χ4n) is 6.67. The lowest BCUT2D eigenvalue weighted by Gasteiger charge is -2.19. The van der Waals surface area contributed by atoms with Crippen molar-refractivity contribution in [2.75, 3.05) is 19.8 Å². The van der Waals surface area contributed by atoms with Crippen molar-refractivity contribution in [2.45, 2.75) is 231 Å². The van der Waals surface area contributed by atoms with Crippen molar-refractivity contribution in [3.05, 3.63) is 36.5 Å². The van der Waals surface area contributed by atoms with Gasteiger partial charge >= 0.3 is 25.7 Å². The fourth-order valence-corrected chi connectivity index (χ4v) is 7.45. The van der Waals surface area contributed by atoms with Gasteiger partial charge in [-0.3, -0.25) is 18.6 Å². The standard InChI is InChI=1S/C48H88NO10P/c1-3-5-7-9-11-13-15-17-19-20-21-22-23-24-26-27-29-31-33-35-37-39-46(50)56-41-44(42-57-60(54,55)58-43-45(49)48(52)53)59-47(51)40-38-36-34-32-30-28-25-18-16-14-12-10-8-6-4-2/h17,19,34,36,38,40,44-45H,3-16,18,20-33,35,37,39,41-43,49H2,1-2H3,(H,52,53)(H,54,55)/b19-17+,36-34+,40-38+/t44-,45-/m0/s1. The molecule has 0 aromatic carbocycles. The molecule has 0 aliphatic heterocycles. The second-order valence-electron chi connectivity index (χ2n) is 16.3. The van der Waals surface area contributed by atoms with Crippen LogP contribution < -0.4 is 5.73 Å². The van der Waals surface area contributed by atoms with E-state index in [1.807, 2.05) is 6.08 Å². The van der Waals surface area contributed by atoms with Crippen LogP contribution in [0.4, 0.5) is 0 Å². The minimum Gasteiger partial charge on any atom is -0.480 e. The zero-order valence-electron chi connectivity index (χ0n) is 38.1. The molecule has 60 heavy (non-hydrogen) atoms. The predicted molar refractivity (Wildman–Crippen MR) is 245 cm³/mol. The molecule has 0 aromatic rings. The van der Waals surface area contributed by atoms with Crippen LogP contribution >= 0.6 is 7.82 Å². The normalized spacial score (nSPS) is 13.9. The largest absolute Gasteiger partial charge is 0.480 e. The van der Waals surface area contributed by atoms with Crippen LogP contribution in [0.2, 0.25) is 0 Å². The maximum absolute atomic E-state index is 12.5. The van der Waals surface area contributed by atoms with E-state index in [4.69, 9.17) is 24.8 Å². The highest BCUT2D eigenvalue weighted by atomic mass is 31.2. The Balaban J connectivity index is 4.32. The number of esters is 2. The van der Waals surface area contributed by atoms with Crippen molar-refractivity contribution in [3.8, 4) is 0 Å². The van der Waals surface area contributed by atoms with Crippen molar-refractivity contribution >= 4 is 25.7 Å². The minimum absolute atomic E-state index is 0.203. The third-order valence-corrected chi connectivity index (χ3v) is 11.4. The summed E-state index contributed by atoms with van der Waals surface area (Å²) in [5.41, 5.74) is 5.33. The van der Waals surface area contributed by atoms with Gasteiger partial charge in [0.15, 0.2) is 6.10 Å². The highest BCUT2D eigenvalue weighted by Crippen LogP contribution is 2.43. The molecule has 0 spiro atoms. The Morgan fingerprint density at radius 1 is 0.550 bits per heavy atom. The predicted octanol–water partition coefficient (Wildman–Crippen LogP) is 13.2. The SMILES string of the molecule is CCCCCCCC/C=C/CCCCCCCCCCCCCC(=O)OC[C@@H](COP(=O)(O)OC[C@H](N)C(=O)O)OC(=O)/C=C/C=C/CCCCCCCCCCCCC. The van der Waals surface area contributed by atoms with Gasteiger partial charge in [-0.25, -0.2) is 9.36 Å². The number of carbonyl (C=O) groups is 3.